The van der Waals surface area contributed by atoms with Gasteiger partial charge < -0.3 is 10.4 Å². The molecule has 128 valence electrons. The second kappa shape index (κ2) is 7.13. The minimum absolute atomic E-state index is 0.00307. The maximum Gasteiger partial charge on any atom is 0.224 e. The smallest absolute Gasteiger partial charge is 0.224 e. The van der Waals surface area contributed by atoms with Gasteiger partial charge >= 0.3 is 0 Å². The van der Waals surface area contributed by atoms with Crippen LogP contribution in [-0.4, -0.2) is 38.3 Å². The fourth-order valence-corrected chi connectivity index (χ4v) is 3.29. The first-order valence-corrected chi connectivity index (χ1v) is 8.40. The third-order valence-electron chi connectivity index (χ3n) is 4.84. The average Bonchev–Trinajstić information content (AvgIpc) is 2.84. The molecule has 6 heteroatoms. The number of aliphatic hydroxyl groups is 1. The third kappa shape index (κ3) is 3.82. The highest BCUT2D eigenvalue weighted by atomic mass is 16.3. The molecule has 1 amide bonds. The highest BCUT2D eigenvalue weighted by Gasteiger charge is 2.35. The summed E-state index contributed by atoms with van der Waals surface area (Å²) in [5, 5.41) is 19.8. The standard InChI is InChI=1S/C18H24N4O2/c1-11-16(12(2)22-21-11)10-18(24)20-17(13-7-15(23)8-13)9-14-5-3-4-6-19-14/h3-6,13,15,17,23H,7-10H2,1-2H3,(H,20,24)(H,21,22)/t13?,15?,17-/m0/s1. The molecule has 1 aliphatic carbocycles. The number of hydrogen-bond donors (Lipinski definition) is 3. The molecular formula is C18H24N4O2. The molecule has 3 N–H and O–H groups in total. The normalized spacial score (nSPS) is 21.1. The van der Waals surface area contributed by atoms with E-state index in [9.17, 15) is 9.90 Å². The molecule has 2 heterocycles. The van der Waals surface area contributed by atoms with Crippen LogP contribution in [0.4, 0.5) is 0 Å². The lowest BCUT2D eigenvalue weighted by Crippen LogP contribution is -2.48. The number of aromatic amines is 1. The van der Waals surface area contributed by atoms with Crippen molar-refractivity contribution in [2.24, 2.45) is 5.92 Å². The molecule has 2 aromatic rings. The number of nitrogens with zero attached hydrogens (tertiary/aromatic N) is 2. The van der Waals surface area contributed by atoms with E-state index in [1.54, 1.807) is 6.20 Å². The number of carbonyl (C=O) groups excluding carboxylic acids is 1. The Kier molecular flexibility index (Phi) is 4.94. The van der Waals surface area contributed by atoms with E-state index in [0.29, 0.717) is 18.8 Å². The summed E-state index contributed by atoms with van der Waals surface area (Å²) in [6.07, 6.45) is 4.01. The van der Waals surface area contributed by atoms with Gasteiger partial charge in [-0.25, -0.2) is 0 Å². The summed E-state index contributed by atoms with van der Waals surface area (Å²) in [5.74, 6) is 0.294. The van der Waals surface area contributed by atoms with Crippen LogP contribution in [0.3, 0.4) is 0 Å². The molecule has 0 spiro atoms. The summed E-state index contributed by atoms with van der Waals surface area (Å²) in [6.45, 7) is 3.83. The van der Waals surface area contributed by atoms with E-state index in [-0.39, 0.29) is 18.1 Å². The van der Waals surface area contributed by atoms with Gasteiger partial charge in [-0.2, -0.15) is 5.10 Å². The number of amides is 1. The van der Waals surface area contributed by atoms with Crippen LogP contribution in [0.1, 0.15) is 35.5 Å². The van der Waals surface area contributed by atoms with Crippen molar-refractivity contribution in [2.45, 2.75) is 51.7 Å². The van der Waals surface area contributed by atoms with Gasteiger partial charge in [-0.3, -0.25) is 14.9 Å². The fraction of sp³-hybridized carbons (Fsp3) is 0.500. The van der Waals surface area contributed by atoms with Crippen molar-refractivity contribution in [3.63, 3.8) is 0 Å². The lowest BCUT2D eigenvalue weighted by molar-refractivity contribution is -0.122. The molecule has 3 rings (SSSR count). The molecule has 6 nitrogen and oxygen atoms in total. The molecule has 0 radical (unpaired) electrons. The second-order valence-corrected chi connectivity index (χ2v) is 6.67. The Morgan fingerprint density at radius 1 is 1.42 bits per heavy atom. The molecule has 24 heavy (non-hydrogen) atoms. The molecule has 0 aromatic carbocycles. The summed E-state index contributed by atoms with van der Waals surface area (Å²) in [7, 11) is 0. The van der Waals surface area contributed by atoms with Crippen molar-refractivity contribution in [2.75, 3.05) is 0 Å². The molecular weight excluding hydrogens is 304 g/mol. The van der Waals surface area contributed by atoms with E-state index in [1.165, 1.54) is 0 Å². The number of hydrogen-bond acceptors (Lipinski definition) is 4. The van der Waals surface area contributed by atoms with Crippen LogP contribution in [0.15, 0.2) is 24.4 Å². The molecule has 0 saturated heterocycles. The van der Waals surface area contributed by atoms with Gasteiger partial charge in [0.25, 0.3) is 0 Å². The zero-order valence-electron chi connectivity index (χ0n) is 14.1. The number of pyridine rings is 1. The summed E-state index contributed by atoms with van der Waals surface area (Å²) in [5.41, 5.74) is 3.71. The minimum atomic E-state index is -0.239. The molecule has 0 unspecified atom stereocenters. The first-order valence-electron chi connectivity index (χ1n) is 8.40. The Morgan fingerprint density at radius 2 is 2.21 bits per heavy atom. The van der Waals surface area contributed by atoms with E-state index < -0.39 is 0 Å². The van der Waals surface area contributed by atoms with Gasteiger partial charge in [0.1, 0.15) is 0 Å². The minimum Gasteiger partial charge on any atom is -0.393 e. The third-order valence-corrected chi connectivity index (χ3v) is 4.84. The Bertz CT molecular complexity index is 673. The van der Waals surface area contributed by atoms with E-state index in [4.69, 9.17) is 0 Å². The van der Waals surface area contributed by atoms with Gasteiger partial charge in [-0.05, 0) is 44.7 Å². The number of aliphatic hydroxyl groups excluding tert-OH is 1. The lowest BCUT2D eigenvalue weighted by atomic mass is 9.76. The monoisotopic (exact) mass is 328 g/mol. The molecule has 1 aliphatic rings. The Labute approximate surface area is 141 Å². The van der Waals surface area contributed by atoms with Crippen LogP contribution in [0.5, 0.6) is 0 Å². The van der Waals surface area contributed by atoms with E-state index in [0.717, 1.165) is 35.5 Å². The number of aromatic nitrogens is 3. The van der Waals surface area contributed by atoms with Gasteiger partial charge in [0.2, 0.25) is 5.91 Å². The molecule has 0 aliphatic heterocycles. The van der Waals surface area contributed by atoms with Crippen molar-refractivity contribution in [3.8, 4) is 0 Å². The highest BCUT2D eigenvalue weighted by Crippen LogP contribution is 2.31. The molecule has 0 bridgehead atoms. The maximum absolute atomic E-state index is 12.5. The summed E-state index contributed by atoms with van der Waals surface area (Å²) >= 11 is 0. The van der Waals surface area contributed by atoms with Gasteiger partial charge in [-0.1, -0.05) is 6.07 Å². The Balaban J connectivity index is 1.66. The van der Waals surface area contributed by atoms with Crippen LogP contribution in [0, 0.1) is 19.8 Å². The van der Waals surface area contributed by atoms with Crippen molar-refractivity contribution < 1.29 is 9.90 Å². The SMILES string of the molecule is Cc1n[nH]c(C)c1CC(=O)N[C@@H](Cc1ccccn1)C1CC(O)C1. The van der Waals surface area contributed by atoms with Crippen molar-refractivity contribution in [1.82, 2.24) is 20.5 Å². The molecule has 1 saturated carbocycles. The zero-order valence-corrected chi connectivity index (χ0v) is 14.1. The predicted octanol–water partition coefficient (Wildman–Crippen LogP) is 1.46. The van der Waals surface area contributed by atoms with E-state index in [1.807, 2.05) is 32.0 Å². The maximum atomic E-state index is 12.5. The van der Waals surface area contributed by atoms with Gasteiger partial charge in [0, 0.05) is 35.6 Å². The van der Waals surface area contributed by atoms with Crippen LogP contribution in [-0.2, 0) is 17.6 Å². The first kappa shape index (κ1) is 16.6. The number of rotatable bonds is 6. The second-order valence-electron chi connectivity index (χ2n) is 6.67. The quantitative estimate of drug-likeness (QED) is 0.749. The fourth-order valence-electron chi connectivity index (χ4n) is 3.29. The van der Waals surface area contributed by atoms with Gasteiger partial charge in [-0.15, -0.1) is 0 Å². The first-order chi connectivity index (χ1) is 11.5. The Hall–Kier alpha value is -2.21. The summed E-state index contributed by atoms with van der Waals surface area (Å²) in [6, 6.07) is 5.81. The van der Waals surface area contributed by atoms with Crippen LogP contribution in [0.2, 0.25) is 0 Å². The summed E-state index contributed by atoms with van der Waals surface area (Å²) < 4.78 is 0. The predicted molar refractivity (Wildman–Crippen MR) is 90.4 cm³/mol. The van der Waals surface area contributed by atoms with Crippen LogP contribution < -0.4 is 5.32 Å². The van der Waals surface area contributed by atoms with Crippen molar-refractivity contribution in [1.29, 1.82) is 0 Å². The average molecular weight is 328 g/mol. The number of H-pyrrole nitrogens is 1. The van der Waals surface area contributed by atoms with Gasteiger partial charge in [0.05, 0.1) is 18.2 Å². The number of aryl methyl sites for hydroxylation is 2. The molecule has 1 atom stereocenters. The van der Waals surface area contributed by atoms with Crippen molar-refractivity contribution >= 4 is 5.91 Å². The van der Waals surface area contributed by atoms with E-state index in [2.05, 4.69) is 20.5 Å². The summed E-state index contributed by atoms with van der Waals surface area (Å²) in [4.78, 5) is 16.9. The molecule has 2 aromatic heterocycles. The van der Waals surface area contributed by atoms with Crippen molar-refractivity contribution in [3.05, 3.63) is 47.0 Å². The largest absolute Gasteiger partial charge is 0.393 e. The van der Waals surface area contributed by atoms with Crippen LogP contribution >= 0.6 is 0 Å². The van der Waals surface area contributed by atoms with E-state index >= 15 is 0 Å². The Morgan fingerprint density at radius 3 is 2.79 bits per heavy atom. The van der Waals surface area contributed by atoms with Crippen LogP contribution in [0.25, 0.3) is 0 Å². The lowest BCUT2D eigenvalue weighted by Gasteiger charge is -2.38. The topological polar surface area (TPSA) is 90.9 Å². The zero-order chi connectivity index (χ0) is 17.1. The highest BCUT2D eigenvalue weighted by molar-refractivity contribution is 5.79. The molecule has 1 fully saturated rings. The van der Waals surface area contributed by atoms with Gasteiger partial charge in [0.15, 0.2) is 0 Å². The number of nitrogens with one attached hydrogen (secondary N) is 2. The number of carbonyl (C=O) groups is 1.